The second-order valence-electron chi connectivity index (χ2n) is 2.38. The summed E-state index contributed by atoms with van der Waals surface area (Å²) in [6.07, 6.45) is 0. The molecule has 60 valence electrons. The van der Waals surface area contributed by atoms with Crippen molar-refractivity contribution in [3.8, 4) is 0 Å². The van der Waals surface area contributed by atoms with Crippen molar-refractivity contribution in [3.63, 3.8) is 0 Å². The molecule has 5 heteroatoms. The zero-order valence-electron chi connectivity index (χ0n) is 6.39. The quantitative estimate of drug-likeness (QED) is 0.363. The van der Waals surface area contributed by atoms with Crippen LogP contribution in [-0.4, -0.2) is 4.92 Å². The molecule has 0 aromatic heterocycles. The Morgan fingerprint density at radius 2 is 2.17 bits per heavy atom. The summed E-state index contributed by atoms with van der Waals surface area (Å²) in [5.74, 6) is 0. The summed E-state index contributed by atoms with van der Waals surface area (Å²) in [4.78, 5) is 12.6. The van der Waals surface area contributed by atoms with Gasteiger partial charge in [0.05, 0.1) is 4.92 Å². The number of nitrogens with zero attached hydrogens (tertiary/aromatic N) is 3. The van der Waals surface area contributed by atoms with Crippen LogP contribution in [0, 0.1) is 22.4 Å². The smallest absolute Gasteiger partial charge is 0.258 e. The molecule has 0 unspecified atom stereocenters. The van der Waals surface area contributed by atoms with Crippen LogP contribution in [0.25, 0.3) is 4.98 Å². The molecule has 0 radical (unpaired) electrons. The minimum absolute atomic E-state index is 0.0669. The molecule has 1 aromatic carbocycles. The molecule has 0 fully saturated rings. The van der Waals surface area contributed by atoms with Gasteiger partial charge in [0.2, 0.25) is 5.39 Å². The van der Waals surface area contributed by atoms with Gasteiger partial charge in [-0.25, -0.2) is 0 Å². The summed E-state index contributed by atoms with van der Waals surface area (Å²) in [6.45, 7) is 1.70. The Morgan fingerprint density at radius 1 is 1.50 bits per heavy atom. The van der Waals surface area contributed by atoms with E-state index in [9.17, 15) is 10.1 Å². The van der Waals surface area contributed by atoms with E-state index in [1.165, 1.54) is 12.1 Å². The number of hydrogen-bond donors (Lipinski definition) is 0. The van der Waals surface area contributed by atoms with Crippen LogP contribution in [0.5, 0.6) is 0 Å². The zero-order chi connectivity index (χ0) is 9.14. The van der Waals surface area contributed by atoms with E-state index in [0.717, 1.165) is 0 Å². The zero-order valence-corrected chi connectivity index (χ0v) is 6.39. The minimum Gasteiger partial charge on any atom is -0.258 e. The monoisotopic (exact) mass is 164 g/mol. The molecule has 0 N–H and O–H groups in total. The highest BCUT2D eigenvalue weighted by Gasteiger charge is 2.14. The number of hydrogen-bond acceptors (Lipinski definition) is 3. The molecule has 0 atom stereocenters. The molecule has 0 bridgehead atoms. The summed E-state index contributed by atoms with van der Waals surface area (Å²) in [5, 5.41) is 18.7. The van der Waals surface area contributed by atoms with Crippen molar-refractivity contribution in [1.29, 1.82) is 5.39 Å². The van der Waals surface area contributed by atoms with Gasteiger partial charge in [0, 0.05) is 12.1 Å². The van der Waals surface area contributed by atoms with Crippen molar-refractivity contribution < 1.29 is 4.92 Å². The lowest BCUT2D eigenvalue weighted by Crippen LogP contribution is -1.87. The second-order valence-corrected chi connectivity index (χ2v) is 2.38. The van der Waals surface area contributed by atoms with Crippen molar-refractivity contribution in [2.24, 2.45) is 0 Å². The third-order valence-electron chi connectivity index (χ3n) is 1.37. The lowest BCUT2D eigenvalue weighted by molar-refractivity contribution is -0.384. The summed E-state index contributed by atoms with van der Waals surface area (Å²) in [6, 6.07) is 4.16. The van der Waals surface area contributed by atoms with Crippen molar-refractivity contribution in [1.82, 2.24) is 0 Å². The largest absolute Gasteiger partial charge is 0.392 e. The number of nitro groups is 1. The Labute approximate surface area is 68.4 Å². The molecule has 12 heavy (non-hydrogen) atoms. The van der Waals surface area contributed by atoms with Crippen LogP contribution in [0.4, 0.5) is 11.4 Å². The molecule has 1 aromatic rings. The lowest BCUT2D eigenvalue weighted by Gasteiger charge is -1.89. The van der Waals surface area contributed by atoms with Crippen molar-refractivity contribution in [3.05, 3.63) is 38.9 Å². The first-order chi connectivity index (χ1) is 5.63. The van der Waals surface area contributed by atoms with E-state index in [1.54, 1.807) is 13.0 Å². The molecule has 0 saturated carbocycles. The Kier molecular flexibility index (Phi) is 2.01. The Balaban J connectivity index is 3.26. The first-order valence-corrected chi connectivity index (χ1v) is 3.24. The molecule has 0 saturated heterocycles. The number of diazo groups is 1. The third-order valence-corrected chi connectivity index (χ3v) is 1.37. The van der Waals surface area contributed by atoms with E-state index in [2.05, 4.69) is 4.98 Å². The van der Waals surface area contributed by atoms with Crippen molar-refractivity contribution in [2.45, 2.75) is 6.92 Å². The van der Waals surface area contributed by atoms with Gasteiger partial charge in [-0.3, -0.25) is 10.1 Å². The summed E-state index contributed by atoms with van der Waals surface area (Å²) < 4.78 is 0. The highest BCUT2D eigenvalue weighted by Crippen LogP contribution is 2.22. The van der Waals surface area contributed by atoms with E-state index in [1.807, 2.05) is 0 Å². The first kappa shape index (κ1) is 8.14. The maximum Gasteiger partial charge on any atom is 0.392 e. The maximum absolute atomic E-state index is 10.3. The van der Waals surface area contributed by atoms with E-state index < -0.39 is 4.92 Å². The molecule has 0 aliphatic rings. The third kappa shape index (κ3) is 1.55. The maximum atomic E-state index is 10.3. The van der Waals surface area contributed by atoms with E-state index in [4.69, 9.17) is 5.39 Å². The fraction of sp³-hybridized carbons (Fsp3) is 0.143. The summed E-state index contributed by atoms with van der Waals surface area (Å²) in [5.41, 5.74) is 0.821. The molecule has 1 rings (SSSR count). The summed E-state index contributed by atoms with van der Waals surface area (Å²) >= 11 is 0. The van der Waals surface area contributed by atoms with Crippen LogP contribution in [0.1, 0.15) is 5.56 Å². The van der Waals surface area contributed by atoms with Gasteiger partial charge < -0.3 is 0 Å². The Morgan fingerprint density at radius 3 is 2.67 bits per heavy atom. The Hall–Kier alpha value is -1.96. The predicted molar refractivity (Wildman–Crippen MR) is 42.6 cm³/mol. The topological polar surface area (TPSA) is 71.3 Å². The second kappa shape index (κ2) is 2.96. The van der Waals surface area contributed by atoms with E-state index in [0.29, 0.717) is 5.56 Å². The molecule has 5 nitrogen and oxygen atoms in total. The fourth-order valence-electron chi connectivity index (χ4n) is 0.906. The average molecular weight is 164 g/mol. The highest BCUT2D eigenvalue weighted by molar-refractivity contribution is 5.53. The van der Waals surface area contributed by atoms with Gasteiger partial charge >= 0.3 is 5.69 Å². The predicted octanol–water partition coefficient (Wildman–Crippen LogP) is 2.39. The standard InChI is InChI=1S/C7H6N3O2/c1-5-2-6(9-8)4-7(3-5)10(11)12/h2-4H,1H3/q+1. The van der Waals surface area contributed by atoms with Gasteiger partial charge in [-0.15, -0.1) is 0 Å². The normalized spacial score (nSPS) is 9.00. The average Bonchev–Trinajstić information content (AvgIpc) is 2.03. The van der Waals surface area contributed by atoms with Gasteiger partial charge in [-0.05, 0) is 12.5 Å². The highest BCUT2D eigenvalue weighted by atomic mass is 16.6. The molecule has 0 heterocycles. The number of benzene rings is 1. The number of non-ortho nitro benzene ring substituents is 1. The first-order valence-electron chi connectivity index (χ1n) is 3.24. The van der Waals surface area contributed by atoms with Gasteiger partial charge in [0.1, 0.15) is 6.07 Å². The van der Waals surface area contributed by atoms with Crippen LogP contribution in [0.2, 0.25) is 0 Å². The van der Waals surface area contributed by atoms with Gasteiger partial charge in [0.25, 0.3) is 5.69 Å². The fourth-order valence-corrected chi connectivity index (χ4v) is 0.906. The number of rotatable bonds is 1. The molecule has 0 aliphatic carbocycles. The summed E-state index contributed by atoms with van der Waals surface area (Å²) in [7, 11) is 0. The van der Waals surface area contributed by atoms with E-state index in [-0.39, 0.29) is 11.4 Å². The molecular formula is C7H6N3O2+. The van der Waals surface area contributed by atoms with Crippen LogP contribution in [-0.2, 0) is 0 Å². The van der Waals surface area contributed by atoms with Gasteiger partial charge in [-0.2, -0.15) is 0 Å². The minimum atomic E-state index is -0.526. The molecule has 0 spiro atoms. The van der Waals surface area contributed by atoms with E-state index >= 15 is 0 Å². The van der Waals surface area contributed by atoms with Crippen LogP contribution in [0.3, 0.4) is 0 Å². The molecule has 0 amide bonds. The molecule has 0 aliphatic heterocycles. The van der Waals surface area contributed by atoms with Crippen molar-refractivity contribution in [2.75, 3.05) is 0 Å². The van der Waals surface area contributed by atoms with Gasteiger partial charge in [-0.1, -0.05) is 0 Å². The van der Waals surface area contributed by atoms with Crippen molar-refractivity contribution >= 4 is 11.4 Å². The lowest BCUT2D eigenvalue weighted by atomic mass is 10.2. The van der Waals surface area contributed by atoms with Crippen LogP contribution >= 0.6 is 0 Å². The molecular weight excluding hydrogens is 158 g/mol. The SMILES string of the molecule is Cc1cc([N+]#N)cc([N+](=O)[O-])c1. The Bertz CT molecular complexity index is 367. The van der Waals surface area contributed by atoms with Crippen LogP contribution < -0.4 is 0 Å². The van der Waals surface area contributed by atoms with Gasteiger partial charge in [0.15, 0.2) is 4.98 Å². The number of aryl methyl sites for hydroxylation is 1. The number of nitro benzene ring substituents is 1. The van der Waals surface area contributed by atoms with Crippen LogP contribution in [0.15, 0.2) is 18.2 Å².